The Hall–Kier alpha value is -0.220. The van der Waals surface area contributed by atoms with Crippen molar-refractivity contribution in [1.29, 1.82) is 0 Å². The van der Waals surface area contributed by atoms with E-state index in [1.54, 1.807) is 0 Å². The largest absolute Gasteiger partial charge is 0.353 e. The Labute approximate surface area is 97.8 Å². The molecule has 1 amide bonds. The van der Waals surface area contributed by atoms with Gasteiger partial charge < -0.3 is 10.6 Å². The molecule has 0 heterocycles. The van der Waals surface area contributed by atoms with Gasteiger partial charge in [0.2, 0.25) is 5.91 Å². The highest BCUT2D eigenvalue weighted by Gasteiger charge is 2.11. The summed E-state index contributed by atoms with van der Waals surface area (Å²) in [6.45, 7) is 6.78. The van der Waals surface area contributed by atoms with Crippen LogP contribution in [-0.2, 0) is 4.79 Å². The highest BCUT2D eigenvalue weighted by atomic mass is 32.2. The fraction of sp³-hybridized carbons (Fsp3) is 0.909. The summed E-state index contributed by atoms with van der Waals surface area (Å²) in [6, 6.07) is 0.139. The van der Waals surface area contributed by atoms with Crippen LogP contribution in [0, 0.1) is 0 Å². The first-order chi connectivity index (χ1) is 7.07. The minimum absolute atomic E-state index is 0.0818. The summed E-state index contributed by atoms with van der Waals surface area (Å²) < 4.78 is 0. The molecule has 0 fully saturated rings. The van der Waals surface area contributed by atoms with E-state index >= 15 is 0 Å². The lowest BCUT2D eigenvalue weighted by Crippen LogP contribution is -2.44. The lowest BCUT2D eigenvalue weighted by atomic mass is 10.2. The van der Waals surface area contributed by atoms with Crippen molar-refractivity contribution in [3.63, 3.8) is 0 Å². The van der Waals surface area contributed by atoms with Crippen LogP contribution in [0.5, 0.6) is 0 Å². The number of unbranched alkanes of at least 4 members (excludes halogenated alkanes) is 1. The molecule has 2 N–H and O–H groups in total. The molecule has 90 valence electrons. The molecule has 0 spiro atoms. The summed E-state index contributed by atoms with van der Waals surface area (Å²) in [5, 5.41) is 6.11. The zero-order valence-electron chi connectivity index (χ0n) is 10.3. The van der Waals surface area contributed by atoms with E-state index in [4.69, 9.17) is 0 Å². The molecule has 0 aromatic heterocycles. The van der Waals surface area contributed by atoms with E-state index in [-0.39, 0.29) is 18.0 Å². The van der Waals surface area contributed by atoms with E-state index in [2.05, 4.69) is 16.9 Å². The maximum absolute atomic E-state index is 11.5. The van der Waals surface area contributed by atoms with Gasteiger partial charge in [0.25, 0.3) is 0 Å². The highest BCUT2D eigenvalue weighted by molar-refractivity contribution is 7.98. The quantitative estimate of drug-likeness (QED) is 0.625. The standard InChI is InChI=1S/C11H24N2OS/c1-9(2)13-11(14)10(3)12-7-5-6-8-15-4/h9-10,12H,5-8H2,1-4H3,(H,13,14). The normalized spacial score (nSPS) is 12.9. The van der Waals surface area contributed by atoms with E-state index in [0.29, 0.717) is 0 Å². The van der Waals surface area contributed by atoms with E-state index < -0.39 is 0 Å². The minimum Gasteiger partial charge on any atom is -0.353 e. The SMILES string of the molecule is CSCCCCNC(C)C(=O)NC(C)C. The van der Waals surface area contributed by atoms with Gasteiger partial charge in [0, 0.05) is 6.04 Å². The third-order valence-corrected chi connectivity index (χ3v) is 2.75. The Morgan fingerprint density at radius 2 is 1.93 bits per heavy atom. The summed E-state index contributed by atoms with van der Waals surface area (Å²) in [7, 11) is 0. The zero-order chi connectivity index (χ0) is 11.7. The van der Waals surface area contributed by atoms with Crippen LogP contribution < -0.4 is 10.6 Å². The van der Waals surface area contributed by atoms with Crippen molar-refractivity contribution in [2.24, 2.45) is 0 Å². The lowest BCUT2D eigenvalue weighted by molar-refractivity contribution is -0.123. The summed E-state index contributed by atoms with van der Waals surface area (Å²) in [6.07, 6.45) is 4.47. The molecule has 0 radical (unpaired) electrons. The van der Waals surface area contributed by atoms with Crippen molar-refractivity contribution < 1.29 is 4.79 Å². The van der Waals surface area contributed by atoms with Gasteiger partial charge in [0.15, 0.2) is 0 Å². The Morgan fingerprint density at radius 3 is 2.47 bits per heavy atom. The van der Waals surface area contributed by atoms with Crippen molar-refractivity contribution in [3.8, 4) is 0 Å². The predicted octanol–water partition coefficient (Wildman–Crippen LogP) is 1.63. The van der Waals surface area contributed by atoms with Gasteiger partial charge in [-0.05, 0) is 52.2 Å². The molecule has 0 aliphatic heterocycles. The van der Waals surface area contributed by atoms with Crippen LogP contribution in [-0.4, -0.2) is 36.5 Å². The Kier molecular flexibility index (Phi) is 8.91. The summed E-state index contributed by atoms with van der Waals surface area (Å²) in [5.41, 5.74) is 0. The van der Waals surface area contributed by atoms with Crippen LogP contribution >= 0.6 is 11.8 Å². The fourth-order valence-electron chi connectivity index (χ4n) is 1.19. The molecule has 0 aliphatic rings. The number of rotatable bonds is 8. The van der Waals surface area contributed by atoms with Crippen LogP contribution in [0.2, 0.25) is 0 Å². The first-order valence-corrected chi connectivity index (χ1v) is 7.00. The van der Waals surface area contributed by atoms with E-state index in [1.165, 1.54) is 12.2 Å². The minimum atomic E-state index is -0.0818. The zero-order valence-corrected chi connectivity index (χ0v) is 11.1. The number of carbonyl (C=O) groups excluding carboxylic acids is 1. The number of thioether (sulfide) groups is 1. The summed E-state index contributed by atoms with van der Waals surface area (Å²) in [4.78, 5) is 11.5. The molecule has 0 bridgehead atoms. The molecular weight excluding hydrogens is 208 g/mol. The molecule has 4 heteroatoms. The molecule has 0 aromatic carbocycles. The molecule has 1 unspecified atom stereocenters. The topological polar surface area (TPSA) is 41.1 Å². The third kappa shape index (κ3) is 8.75. The number of carbonyl (C=O) groups is 1. The average molecular weight is 232 g/mol. The van der Waals surface area contributed by atoms with Gasteiger partial charge in [-0.25, -0.2) is 0 Å². The van der Waals surface area contributed by atoms with Gasteiger partial charge >= 0.3 is 0 Å². The van der Waals surface area contributed by atoms with Gasteiger partial charge in [-0.3, -0.25) is 4.79 Å². The van der Waals surface area contributed by atoms with Gasteiger partial charge in [0.05, 0.1) is 6.04 Å². The van der Waals surface area contributed by atoms with Gasteiger partial charge in [0.1, 0.15) is 0 Å². The summed E-state index contributed by atoms with van der Waals surface area (Å²) in [5.74, 6) is 1.30. The van der Waals surface area contributed by atoms with Crippen molar-refractivity contribution in [3.05, 3.63) is 0 Å². The van der Waals surface area contributed by atoms with Gasteiger partial charge in [-0.1, -0.05) is 0 Å². The molecule has 3 nitrogen and oxygen atoms in total. The van der Waals surface area contributed by atoms with Crippen molar-refractivity contribution >= 4 is 17.7 Å². The first-order valence-electron chi connectivity index (χ1n) is 5.60. The second-order valence-corrected chi connectivity index (χ2v) is 5.02. The van der Waals surface area contributed by atoms with E-state index in [9.17, 15) is 4.79 Å². The highest BCUT2D eigenvalue weighted by Crippen LogP contribution is 1.98. The maximum Gasteiger partial charge on any atom is 0.237 e. The van der Waals surface area contributed by atoms with Crippen LogP contribution in [0.25, 0.3) is 0 Å². The van der Waals surface area contributed by atoms with E-state index in [0.717, 1.165) is 13.0 Å². The predicted molar refractivity (Wildman–Crippen MR) is 68.4 cm³/mol. The van der Waals surface area contributed by atoms with Crippen LogP contribution in [0.15, 0.2) is 0 Å². The number of nitrogens with one attached hydrogen (secondary N) is 2. The molecular formula is C11H24N2OS. The number of hydrogen-bond donors (Lipinski definition) is 2. The Bertz CT molecular complexity index is 174. The fourth-order valence-corrected chi connectivity index (χ4v) is 1.68. The van der Waals surface area contributed by atoms with Crippen molar-refractivity contribution in [1.82, 2.24) is 10.6 Å². The molecule has 0 saturated heterocycles. The van der Waals surface area contributed by atoms with Crippen LogP contribution in [0.3, 0.4) is 0 Å². The van der Waals surface area contributed by atoms with Crippen molar-refractivity contribution in [2.75, 3.05) is 18.6 Å². The molecule has 0 saturated carbocycles. The second-order valence-electron chi connectivity index (χ2n) is 4.04. The van der Waals surface area contributed by atoms with Crippen molar-refractivity contribution in [2.45, 2.75) is 45.7 Å². The number of amides is 1. The van der Waals surface area contributed by atoms with Crippen LogP contribution in [0.4, 0.5) is 0 Å². The van der Waals surface area contributed by atoms with Gasteiger partial charge in [-0.2, -0.15) is 11.8 Å². The molecule has 15 heavy (non-hydrogen) atoms. The lowest BCUT2D eigenvalue weighted by Gasteiger charge is -2.15. The molecule has 0 rings (SSSR count). The molecule has 1 atom stereocenters. The summed E-state index contributed by atoms with van der Waals surface area (Å²) >= 11 is 1.87. The maximum atomic E-state index is 11.5. The Balaban J connectivity index is 3.47. The molecule has 0 aromatic rings. The second kappa shape index (κ2) is 9.04. The van der Waals surface area contributed by atoms with Crippen LogP contribution in [0.1, 0.15) is 33.6 Å². The Morgan fingerprint density at radius 1 is 1.27 bits per heavy atom. The van der Waals surface area contributed by atoms with E-state index in [1.807, 2.05) is 32.5 Å². The first kappa shape index (κ1) is 14.8. The van der Waals surface area contributed by atoms with Gasteiger partial charge in [-0.15, -0.1) is 0 Å². The number of hydrogen-bond acceptors (Lipinski definition) is 3. The third-order valence-electron chi connectivity index (χ3n) is 2.05. The smallest absolute Gasteiger partial charge is 0.237 e. The monoisotopic (exact) mass is 232 g/mol. The average Bonchev–Trinajstić information content (AvgIpc) is 2.16. The molecule has 0 aliphatic carbocycles.